The van der Waals surface area contributed by atoms with Crippen LogP contribution in [0.3, 0.4) is 0 Å². The molecule has 1 aliphatic heterocycles. The molecule has 1 N–H and O–H groups in total. The number of hydrogen-bond acceptors (Lipinski definition) is 3. The maximum absolute atomic E-state index is 12.3. The molecule has 1 aliphatic carbocycles. The molecular formula is C15H28N2O2. The van der Waals surface area contributed by atoms with Crippen molar-refractivity contribution in [3.63, 3.8) is 0 Å². The largest absolute Gasteiger partial charge is 0.444 e. The number of hydrogen-bond donors (Lipinski definition) is 1. The number of nitrogens with one attached hydrogen (secondary N) is 1. The first-order valence-electron chi connectivity index (χ1n) is 7.51. The second-order valence-electron chi connectivity index (χ2n) is 7.11. The van der Waals surface area contributed by atoms with Gasteiger partial charge in [0.1, 0.15) is 5.60 Å². The lowest BCUT2D eigenvalue weighted by Gasteiger charge is -2.43. The van der Waals surface area contributed by atoms with E-state index in [0.717, 1.165) is 19.5 Å². The van der Waals surface area contributed by atoms with Gasteiger partial charge < -0.3 is 15.0 Å². The summed E-state index contributed by atoms with van der Waals surface area (Å²) in [7, 11) is 1.91. The zero-order valence-corrected chi connectivity index (χ0v) is 12.8. The van der Waals surface area contributed by atoms with E-state index in [2.05, 4.69) is 5.32 Å². The van der Waals surface area contributed by atoms with Gasteiger partial charge in [-0.05, 0) is 65.0 Å². The third-order valence-electron chi connectivity index (χ3n) is 4.61. The van der Waals surface area contributed by atoms with Gasteiger partial charge in [0, 0.05) is 13.1 Å². The third kappa shape index (κ3) is 3.22. The molecule has 2 aliphatic rings. The van der Waals surface area contributed by atoms with Crippen LogP contribution in [0.5, 0.6) is 0 Å². The summed E-state index contributed by atoms with van der Waals surface area (Å²) in [6, 6.07) is 0.351. The lowest BCUT2D eigenvalue weighted by molar-refractivity contribution is 0.00382. The van der Waals surface area contributed by atoms with Crippen molar-refractivity contribution in [2.24, 2.45) is 5.41 Å². The Morgan fingerprint density at radius 2 is 1.89 bits per heavy atom. The summed E-state index contributed by atoms with van der Waals surface area (Å²) in [6.45, 7) is 7.94. The van der Waals surface area contributed by atoms with Gasteiger partial charge in [0.15, 0.2) is 0 Å². The van der Waals surface area contributed by atoms with Crippen LogP contribution in [0.1, 0.15) is 52.9 Å². The highest BCUT2D eigenvalue weighted by Gasteiger charge is 2.46. The lowest BCUT2D eigenvalue weighted by atomic mass is 9.74. The smallest absolute Gasteiger partial charge is 0.410 e. The van der Waals surface area contributed by atoms with Crippen LogP contribution in [0, 0.1) is 5.41 Å². The van der Waals surface area contributed by atoms with Crippen molar-refractivity contribution >= 4 is 6.09 Å². The van der Waals surface area contributed by atoms with Crippen molar-refractivity contribution < 1.29 is 9.53 Å². The van der Waals surface area contributed by atoms with Crippen LogP contribution in [0.25, 0.3) is 0 Å². The molecule has 1 spiro atoms. The molecule has 1 saturated carbocycles. The summed E-state index contributed by atoms with van der Waals surface area (Å²) in [5.74, 6) is 0. The molecule has 4 nitrogen and oxygen atoms in total. The zero-order chi connectivity index (χ0) is 14.1. The summed E-state index contributed by atoms with van der Waals surface area (Å²) in [4.78, 5) is 14.1. The molecule has 1 saturated heterocycles. The van der Waals surface area contributed by atoms with E-state index >= 15 is 0 Å². The molecule has 1 atom stereocenters. The average molecular weight is 268 g/mol. The molecule has 0 radical (unpaired) electrons. The molecule has 2 rings (SSSR count). The first-order chi connectivity index (χ1) is 8.84. The lowest BCUT2D eigenvalue weighted by Crippen LogP contribution is -2.51. The summed E-state index contributed by atoms with van der Waals surface area (Å²) in [5.41, 5.74) is -0.0812. The Morgan fingerprint density at radius 1 is 1.26 bits per heavy atom. The minimum Gasteiger partial charge on any atom is -0.444 e. The maximum atomic E-state index is 12.3. The number of amides is 1. The van der Waals surface area contributed by atoms with Crippen molar-refractivity contribution in [3.05, 3.63) is 0 Å². The zero-order valence-electron chi connectivity index (χ0n) is 12.8. The normalized spacial score (nSPS) is 26.4. The van der Waals surface area contributed by atoms with Gasteiger partial charge >= 0.3 is 6.09 Å². The van der Waals surface area contributed by atoms with E-state index in [-0.39, 0.29) is 6.09 Å². The van der Waals surface area contributed by atoms with E-state index in [4.69, 9.17) is 4.74 Å². The van der Waals surface area contributed by atoms with Crippen LogP contribution in [0.2, 0.25) is 0 Å². The molecular weight excluding hydrogens is 240 g/mol. The van der Waals surface area contributed by atoms with Gasteiger partial charge in [-0.3, -0.25) is 0 Å². The van der Waals surface area contributed by atoms with Gasteiger partial charge in [0.05, 0.1) is 0 Å². The molecule has 0 aromatic rings. The molecule has 1 heterocycles. The molecule has 2 fully saturated rings. The molecule has 110 valence electrons. The predicted octanol–water partition coefficient (Wildman–Crippen LogP) is 2.78. The number of carbonyl (C=O) groups is 1. The van der Waals surface area contributed by atoms with Gasteiger partial charge in [0.25, 0.3) is 0 Å². The Morgan fingerprint density at radius 3 is 2.47 bits per heavy atom. The Hall–Kier alpha value is -0.770. The first kappa shape index (κ1) is 14.6. The SMILES string of the molecule is CN(C(=O)OC(C)(C)C)C1CCCC12CCNCC2. The van der Waals surface area contributed by atoms with Crippen molar-refractivity contribution in [1.29, 1.82) is 0 Å². The molecule has 19 heavy (non-hydrogen) atoms. The standard InChI is InChI=1S/C15H28N2O2/c1-14(2,3)19-13(18)17(4)12-6-5-7-15(12)8-10-16-11-9-15/h12,16H,5-11H2,1-4H3. The van der Waals surface area contributed by atoms with Crippen LogP contribution < -0.4 is 5.32 Å². The molecule has 1 amide bonds. The van der Waals surface area contributed by atoms with Crippen LogP contribution in [0.4, 0.5) is 4.79 Å². The average Bonchev–Trinajstić information content (AvgIpc) is 2.70. The summed E-state index contributed by atoms with van der Waals surface area (Å²) in [5, 5.41) is 3.43. The van der Waals surface area contributed by atoms with Crippen LogP contribution in [0.15, 0.2) is 0 Å². The molecule has 0 bridgehead atoms. The number of carbonyl (C=O) groups excluding carboxylic acids is 1. The third-order valence-corrected chi connectivity index (χ3v) is 4.61. The number of piperidine rings is 1. The highest BCUT2D eigenvalue weighted by Crippen LogP contribution is 2.47. The monoisotopic (exact) mass is 268 g/mol. The minimum absolute atomic E-state index is 0.169. The van der Waals surface area contributed by atoms with Crippen molar-refractivity contribution in [3.8, 4) is 0 Å². The van der Waals surface area contributed by atoms with Gasteiger partial charge in [-0.25, -0.2) is 4.79 Å². The van der Waals surface area contributed by atoms with Gasteiger partial charge in [0.2, 0.25) is 0 Å². The molecule has 4 heteroatoms. The number of ether oxygens (including phenoxy) is 1. The fourth-order valence-corrected chi connectivity index (χ4v) is 3.69. The second kappa shape index (κ2) is 5.31. The summed E-state index contributed by atoms with van der Waals surface area (Å²) in [6.07, 6.45) is 5.81. The van der Waals surface area contributed by atoms with E-state index in [9.17, 15) is 4.79 Å². The Balaban J connectivity index is 2.05. The molecule has 0 aromatic carbocycles. The minimum atomic E-state index is -0.411. The van der Waals surface area contributed by atoms with Crippen LogP contribution in [-0.4, -0.2) is 42.8 Å². The summed E-state index contributed by atoms with van der Waals surface area (Å²) >= 11 is 0. The van der Waals surface area contributed by atoms with E-state index in [1.807, 2.05) is 32.7 Å². The Bertz CT molecular complexity index is 330. The number of rotatable bonds is 1. The maximum Gasteiger partial charge on any atom is 0.410 e. The van der Waals surface area contributed by atoms with Gasteiger partial charge in [-0.2, -0.15) is 0 Å². The van der Waals surface area contributed by atoms with Crippen molar-refractivity contribution in [1.82, 2.24) is 10.2 Å². The first-order valence-corrected chi connectivity index (χ1v) is 7.51. The number of nitrogens with zero attached hydrogens (tertiary/aromatic N) is 1. The highest BCUT2D eigenvalue weighted by molar-refractivity contribution is 5.68. The highest BCUT2D eigenvalue weighted by atomic mass is 16.6. The Labute approximate surface area is 116 Å². The second-order valence-corrected chi connectivity index (χ2v) is 7.11. The van der Waals surface area contributed by atoms with E-state index < -0.39 is 5.60 Å². The van der Waals surface area contributed by atoms with E-state index in [0.29, 0.717) is 11.5 Å². The van der Waals surface area contributed by atoms with Crippen LogP contribution in [-0.2, 0) is 4.74 Å². The molecule has 1 unspecified atom stereocenters. The Kier molecular flexibility index (Phi) is 4.09. The van der Waals surface area contributed by atoms with E-state index in [1.165, 1.54) is 25.7 Å². The van der Waals surface area contributed by atoms with Crippen molar-refractivity contribution in [2.45, 2.75) is 64.5 Å². The van der Waals surface area contributed by atoms with Gasteiger partial charge in [-0.1, -0.05) is 6.42 Å². The fraction of sp³-hybridized carbons (Fsp3) is 0.933. The van der Waals surface area contributed by atoms with Gasteiger partial charge in [-0.15, -0.1) is 0 Å². The predicted molar refractivity (Wildman–Crippen MR) is 76.2 cm³/mol. The van der Waals surface area contributed by atoms with Crippen molar-refractivity contribution in [2.75, 3.05) is 20.1 Å². The fourth-order valence-electron chi connectivity index (χ4n) is 3.69. The topological polar surface area (TPSA) is 41.6 Å². The quantitative estimate of drug-likeness (QED) is 0.795. The van der Waals surface area contributed by atoms with E-state index in [1.54, 1.807) is 0 Å². The van der Waals surface area contributed by atoms with Crippen LogP contribution >= 0.6 is 0 Å². The summed E-state index contributed by atoms with van der Waals surface area (Å²) < 4.78 is 5.52. The molecule has 0 aromatic heterocycles.